The highest BCUT2D eigenvalue weighted by molar-refractivity contribution is 7.89. The maximum atomic E-state index is 11.4. The lowest BCUT2D eigenvalue weighted by Crippen LogP contribution is -2.32. The predicted octanol–water partition coefficient (Wildman–Crippen LogP) is 1.04. The van der Waals surface area contributed by atoms with Crippen molar-refractivity contribution < 1.29 is 8.42 Å². The summed E-state index contributed by atoms with van der Waals surface area (Å²) in [6.07, 6.45) is 0.345. The third-order valence-electron chi connectivity index (χ3n) is 2.66. The summed E-state index contributed by atoms with van der Waals surface area (Å²) in [7, 11) is -3.80. The molecule has 0 fully saturated rings. The zero-order chi connectivity index (χ0) is 14.6. The molecule has 19 heavy (non-hydrogen) atoms. The molecular formula is C12H18N4O2S. The van der Waals surface area contributed by atoms with Crippen LogP contribution in [0.5, 0.6) is 0 Å². The first kappa shape index (κ1) is 15.3. The number of hydrogen-bond acceptors (Lipinski definition) is 5. The van der Waals surface area contributed by atoms with Crippen LogP contribution in [0.25, 0.3) is 0 Å². The van der Waals surface area contributed by atoms with E-state index in [1.165, 1.54) is 12.1 Å². The molecule has 1 aromatic carbocycles. The van der Waals surface area contributed by atoms with Crippen LogP contribution in [0, 0.1) is 11.3 Å². The summed E-state index contributed by atoms with van der Waals surface area (Å²) in [4.78, 5) is 1.89. The van der Waals surface area contributed by atoms with E-state index in [2.05, 4.69) is 6.07 Å². The molecule has 0 saturated carbocycles. The van der Waals surface area contributed by atoms with E-state index in [0.717, 1.165) is 0 Å². The summed E-state index contributed by atoms with van der Waals surface area (Å²) in [6.45, 7) is 4.41. The Bertz CT molecular complexity index is 590. The molecule has 1 rings (SSSR count). The van der Waals surface area contributed by atoms with E-state index in [1.807, 2.05) is 18.7 Å². The Balaban J connectivity index is 3.24. The van der Waals surface area contributed by atoms with E-state index in [0.29, 0.717) is 24.3 Å². The van der Waals surface area contributed by atoms with Gasteiger partial charge in [0, 0.05) is 24.0 Å². The van der Waals surface area contributed by atoms with Crippen molar-refractivity contribution in [2.24, 2.45) is 5.14 Å². The summed E-state index contributed by atoms with van der Waals surface area (Å²) in [5.74, 6) is 0. The topological polar surface area (TPSA) is 113 Å². The average molecular weight is 282 g/mol. The first-order valence-corrected chi connectivity index (χ1v) is 7.37. The van der Waals surface area contributed by atoms with Gasteiger partial charge in [-0.15, -0.1) is 0 Å². The molecule has 0 unspecified atom stereocenters. The highest BCUT2D eigenvalue weighted by Gasteiger charge is 2.15. The van der Waals surface area contributed by atoms with E-state index < -0.39 is 10.0 Å². The standard InChI is InChI=1S/C12H18N4O2S/c1-9(2)16(5-3-4-13)11-6-10(14)7-12(8-11)19(15,17)18/h6-9H,3,5,14H2,1-2H3,(H2,15,17,18). The first-order chi connectivity index (χ1) is 8.75. The molecule has 0 radical (unpaired) electrons. The summed E-state index contributed by atoms with van der Waals surface area (Å²) >= 11 is 0. The molecule has 0 bridgehead atoms. The van der Waals surface area contributed by atoms with Gasteiger partial charge in [0.25, 0.3) is 0 Å². The zero-order valence-electron chi connectivity index (χ0n) is 11.0. The second-order valence-corrected chi connectivity index (χ2v) is 6.06. The summed E-state index contributed by atoms with van der Waals surface area (Å²) in [5.41, 5.74) is 6.68. The monoisotopic (exact) mass is 282 g/mol. The van der Waals surface area contributed by atoms with E-state index in [4.69, 9.17) is 16.1 Å². The van der Waals surface area contributed by atoms with E-state index in [9.17, 15) is 8.42 Å². The fraction of sp³-hybridized carbons (Fsp3) is 0.417. The molecule has 6 nitrogen and oxygen atoms in total. The van der Waals surface area contributed by atoms with Crippen LogP contribution in [0.1, 0.15) is 20.3 Å². The second-order valence-electron chi connectivity index (χ2n) is 4.50. The van der Waals surface area contributed by atoms with Crippen molar-refractivity contribution in [3.05, 3.63) is 18.2 Å². The number of nitrogens with two attached hydrogens (primary N) is 2. The first-order valence-electron chi connectivity index (χ1n) is 5.82. The molecule has 0 spiro atoms. The van der Waals surface area contributed by atoms with Crippen LogP contribution < -0.4 is 15.8 Å². The minimum absolute atomic E-state index is 0.0230. The lowest BCUT2D eigenvalue weighted by atomic mass is 10.2. The second kappa shape index (κ2) is 5.91. The van der Waals surface area contributed by atoms with Gasteiger partial charge in [0.15, 0.2) is 0 Å². The number of anilines is 2. The van der Waals surface area contributed by atoms with Gasteiger partial charge in [-0.05, 0) is 32.0 Å². The Morgan fingerprint density at radius 3 is 2.47 bits per heavy atom. The molecule has 0 aliphatic carbocycles. The molecular weight excluding hydrogens is 264 g/mol. The van der Waals surface area contributed by atoms with Crippen molar-refractivity contribution in [1.29, 1.82) is 5.26 Å². The van der Waals surface area contributed by atoms with Crippen LogP contribution >= 0.6 is 0 Å². The molecule has 0 aliphatic rings. The molecule has 104 valence electrons. The molecule has 0 aromatic heterocycles. The highest BCUT2D eigenvalue weighted by atomic mass is 32.2. The minimum Gasteiger partial charge on any atom is -0.399 e. The zero-order valence-corrected chi connectivity index (χ0v) is 11.8. The van der Waals surface area contributed by atoms with Crippen molar-refractivity contribution >= 4 is 21.4 Å². The summed E-state index contributed by atoms with van der Waals surface area (Å²) in [5, 5.41) is 13.8. The van der Waals surface area contributed by atoms with Gasteiger partial charge in [0.1, 0.15) is 0 Å². The van der Waals surface area contributed by atoms with E-state index >= 15 is 0 Å². The van der Waals surface area contributed by atoms with Gasteiger partial charge in [-0.3, -0.25) is 0 Å². The Kier molecular flexibility index (Phi) is 4.75. The third kappa shape index (κ3) is 4.12. The number of benzene rings is 1. The Morgan fingerprint density at radius 1 is 1.37 bits per heavy atom. The number of rotatable bonds is 5. The minimum atomic E-state index is -3.80. The number of nitrogens with zero attached hydrogens (tertiary/aromatic N) is 2. The molecule has 4 N–H and O–H groups in total. The number of nitriles is 1. The third-order valence-corrected chi connectivity index (χ3v) is 3.55. The lowest BCUT2D eigenvalue weighted by molar-refractivity contribution is 0.597. The fourth-order valence-corrected chi connectivity index (χ4v) is 2.38. The maximum Gasteiger partial charge on any atom is 0.238 e. The molecule has 0 atom stereocenters. The molecule has 0 amide bonds. The SMILES string of the molecule is CC(C)N(CCC#N)c1cc(N)cc(S(N)(=O)=O)c1. The largest absolute Gasteiger partial charge is 0.399 e. The number of sulfonamides is 1. The van der Waals surface area contributed by atoms with Crippen LogP contribution in [-0.4, -0.2) is 21.0 Å². The van der Waals surface area contributed by atoms with Crippen LogP contribution in [-0.2, 0) is 10.0 Å². The van der Waals surface area contributed by atoms with E-state index in [1.54, 1.807) is 6.07 Å². The molecule has 7 heteroatoms. The number of nitrogen functional groups attached to an aromatic ring is 1. The van der Waals surface area contributed by atoms with Gasteiger partial charge in [0.05, 0.1) is 17.4 Å². The van der Waals surface area contributed by atoms with Crippen LogP contribution in [0.4, 0.5) is 11.4 Å². The van der Waals surface area contributed by atoms with E-state index in [-0.39, 0.29) is 10.9 Å². The Hall–Kier alpha value is -1.78. The number of hydrogen-bond donors (Lipinski definition) is 2. The summed E-state index contributed by atoms with van der Waals surface area (Å²) in [6, 6.07) is 6.65. The van der Waals surface area contributed by atoms with Gasteiger partial charge in [-0.2, -0.15) is 5.26 Å². The quantitative estimate of drug-likeness (QED) is 0.783. The average Bonchev–Trinajstić information content (AvgIpc) is 2.27. The lowest BCUT2D eigenvalue weighted by Gasteiger charge is -2.28. The van der Waals surface area contributed by atoms with Crippen LogP contribution in [0.15, 0.2) is 23.1 Å². The number of primary sulfonamides is 1. The molecule has 0 heterocycles. The normalized spacial score (nSPS) is 11.3. The Labute approximate surface area is 113 Å². The van der Waals surface area contributed by atoms with Gasteiger partial charge in [0.2, 0.25) is 10.0 Å². The smallest absolute Gasteiger partial charge is 0.238 e. The van der Waals surface area contributed by atoms with Crippen molar-refractivity contribution in [1.82, 2.24) is 0 Å². The summed E-state index contributed by atoms with van der Waals surface area (Å²) < 4.78 is 22.8. The van der Waals surface area contributed by atoms with Crippen molar-refractivity contribution in [3.8, 4) is 6.07 Å². The van der Waals surface area contributed by atoms with Crippen LogP contribution in [0.3, 0.4) is 0 Å². The van der Waals surface area contributed by atoms with Crippen LogP contribution in [0.2, 0.25) is 0 Å². The van der Waals surface area contributed by atoms with Crippen molar-refractivity contribution in [2.45, 2.75) is 31.2 Å². The van der Waals surface area contributed by atoms with Gasteiger partial charge < -0.3 is 10.6 Å². The highest BCUT2D eigenvalue weighted by Crippen LogP contribution is 2.24. The van der Waals surface area contributed by atoms with Crippen molar-refractivity contribution in [3.63, 3.8) is 0 Å². The molecule has 0 saturated heterocycles. The fourth-order valence-electron chi connectivity index (χ4n) is 1.79. The maximum absolute atomic E-state index is 11.4. The van der Waals surface area contributed by atoms with Crippen molar-refractivity contribution in [2.75, 3.05) is 17.2 Å². The molecule has 1 aromatic rings. The van der Waals surface area contributed by atoms with Gasteiger partial charge in [-0.25, -0.2) is 13.6 Å². The van der Waals surface area contributed by atoms with Gasteiger partial charge >= 0.3 is 0 Å². The Morgan fingerprint density at radius 2 is 2.00 bits per heavy atom. The predicted molar refractivity (Wildman–Crippen MR) is 74.9 cm³/mol. The molecule has 0 aliphatic heterocycles. The van der Waals surface area contributed by atoms with Gasteiger partial charge in [-0.1, -0.05) is 0 Å².